The Hall–Kier alpha value is -1.13. The molecule has 0 spiro atoms. The lowest BCUT2D eigenvalue weighted by atomic mass is 9.88. The molecule has 13 nitrogen and oxygen atoms in total. The molecular formula is C31H62O13. The molecule has 0 bridgehead atoms. The number of carbonyl (C=O) groups excluding carboxylic acids is 1. The monoisotopic (exact) mass is 642 g/mol. The van der Waals surface area contributed by atoms with E-state index in [1.54, 1.807) is 41.5 Å². The van der Waals surface area contributed by atoms with E-state index in [0.717, 1.165) is 0 Å². The highest BCUT2D eigenvalue weighted by Gasteiger charge is 2.32. The number of carbonyl (C=O) groups is 1. The van der Waals surface area contributed by atoms with Gasteiger partial charge in [0.1, 0.15) is 12.2 Å². The molecule has 0 aromatic rings. The Morgan fingerprint density at radius 3 is 0.909 bits per heavy atom. The molecule has 0 aromatic carbocycles. The zero-order valence-corrected chi connectivity index (χ0v) is 28.3. The van der Waals surface area contributed by atoms with Crippen LogP contribution in [0, 0.1) is 10.8 Å². The summed E-state index contributed by atoms with van der Waals surface area (Å²) in [5.41, 5.74) is -1.02. The Balaban J connectivity index is 4.78. The molecule has 6 unspecified atom stereocenters. The van der Waals surface area contributed by atoms with E-state index >= 15 is 0 Å². The lowest BCUT2D eigenvalue weighted by Gasteiger charge is -2.33. The minimum atomic E-state index is -0.846. The van der Waals surface area contributed by atoms with Crippen LogP contribution in [0.2, 0.25) is 0 Å². The van der Waals surface area contributed by atoms with Crippen LogP contribution in [0.15, 0.2) is 0 Å². The van der Waals surface area contributed by atoms with Gasteiger partial charge in [0.15, 0.2) is 0 Å². The highest BCUT2D eigenvalue weighted by atomic mass is 16.7. The molecule has 0 aliphatic rings. The van der Waals surface area contributed by atoms with Crippen LogP contribution in [0.4, 0.5) is 4.79 Å². The van der Waals surface area contributed by atoms with Crippen molar-refractivity contribution in [2.45, 2.75) is 105 Å². The van der Waals surface area contributed by atoms with Crippen LogP contribution < -0.4 is 0 Å². The minimum absolute atomic E-state index is 0.118. The quantitative estimate of drug-likeness (QED) is 0.0918. The predicted octanol–water partition coefficient (Wildman–Crippen LogP) is 2.33. The van der Waals surface area contributed by atoms with Gasteiger partial charge in [0.25, 0.3) is 0 Å². The predicted molar refractivity (Wildman–Crippen MR) is 164 cm³/mol. The van der Waals surface area contributed by atoms with E-state index in [9.17, 15) is 25.2 Å². The average Bonchev–Trinajstić information content (AvgIpc) is 2.91. The first-order chi connectivity index (χ1) is 20.7. The van der Waals surface area contributed by atoms with Gasteiger partial charge in [0.2, 0.25) is 0 Å². The lowest BCUT2D eigenvalue weighted by Crippen LogP contribution is -2.39. The summed E-state index contributed by atoms with van der Waals surface area (Å²) in [7, 11) is 0. The van der Waals surface area contributed by atoms with Gasteiger partial charge in [-0.15, -0.1) is 0 Å². The van der Waals surface area contributed by atoms with Crippen LogP contribution in [0.1, 0.15) is 68.2 Å². The SMILES string of the molecule is CCC(COCC(C)O)(COCC(C)O)COCC(C)OC(=O)OC(C)COCC(CC)(COCC(C)O)COCC(C)O. The molecule has 6 atom stereocenters. The summed E-state index contributed by atoms with van der Waals surface area (Å²) in [6.07, 6.45) is -3.10. The summed E-state index contributed by atoms with van der Waals surface area (Å²) in [6, 6.07) is 0. The molecule has 0 rings (SSSR count). The molecule has 0 aromatic heterocycles. The molecule has 0 saturated heterocycles. The molecule has 0 aliphatic carbocycles. The van der Waals surface area contributed by atoms with Crippen molar-refractivity contribution in [3.63, 3.8) is 0 Å². The Morgan fingerprint density at radius 1 is 0.477 bits per heavy atom. The number of hydrogen-bond donors (Lipinski definition) is 4. The van der Waals surface area contributed by atoms with E-state index in [1.165, 1.54) is 0 Å². The van der Waals surface area contributed by atoms with Crippen molar-refractivity contribution < 1.29 is 63.1 Å². The van der Waals surface area contributed by atoms with Crippen LogP contribution in [-0.2, 0) is 37.9 Å². The molecule has 0 radical (unpaired) electrons. The van der Waals surface area contributed by atoms with E-state index in [-0.39, 0.29) is 52.9 Å². The maximum Gasteiger partial charge on any atom is 0.508 e. The van der Waals surface area contributed by atoms with Crippen molar-refractivity contribution in [1.29, 1.82) is 0 Å². The van der Waals surface area contributed by atoms with E-state index in [0.29, 0.717) is 39.3 Å². The summed E-state index contributed by atoms with van der Waals surface area (Å²) in [6.45, 7) is 16.6. The first-order valence-electron chi connectivity index (χ1n) is 15.7. The van der Waals surface area contributed by atoms with Gasteiger partial charge >= 0.3 is 6.16 Å². The van der Waals surface area contributed by atoms with Gasteiger partial charge in [0, 0.05) is 10.8 Å². The van der Waals surface area contributed by atoms with Crippen LogP contribution in [0.5, 0.6) is 0 Å². The third kappa shape index (κ3) is 21.6. The second-order valence-corrected chi connectivity index (χ2v) is 12.3. The number of ether oxygens (including phenoxy) is 8. The number of hydrogen-bond acceptors (Lipinski definition) is 13. The van der Waals surface area contributed by atoms with E-state index in [1.807, 2.05) is 13.8 Å². The molecule has 264 valence electrons. The van der Waals surface area contributed by atoms with Gasteiger partial charge in [-0.2, -0.15) is 0 Å². The first kappa shape index (κ1) is 42.9. The van der Waals surface area contributed by atoms with Crippen molar-refractivity contribution >= 4 is 6.16 Å². The topological polar surface area (TPSA) is 172 Å². The largest absolute Gasteiger partial charge is 0.508 e. The van der Waals surface area contributed by atoms with Gasteiger partial charge < -0.3 is 58.3 Å². The summed E-state index contributed by atoms with van der Waals surface area (Å²) in [5, 5.41) is 38.2. The number of aliphatic hydroxyl groups excluding tert-OH is 4. The highest BCUT2D eigenvalue weighted by molar-refractivity contribution is 5.60. The van der Waals surface area contributed by atoms with Crippen LogP contribution >= 0.6 is 0 Å². The third-order valence-corrected chi connectivity index (χ3v) is 6.69. The van der Waals surface area contributed by atoms with Crippen molar-refractivity contribution in [2.24, 2.45) is 10.8 Å². The van der Waals surface area contributed by atoms with Crippen LogP contribution in [0.3, 0.4) is 0 Å². The van der Waals surface area contributed by atoms with Gasteiger partial charge in [-0.3, -0.25) is 0 Å². The Bertz CT molecular complexity index is 618. The Labute approximate surface area is 264 Å². The fourth-order valence-corrected chi connectivity index (χ4v) is 3.95. The van der Waals surface area contributed by atoms with Crippen molar-refractivity contribution in [1.82, 2.24) is 0 Å². The van der Waals surface area contributed by atoms with E-state index in [4.69, 9.17) is 37.9 Å². The average molecular weight is 643 g/mol. The Morgan fingerprint density at radius 2 is 0.705 bits per heavy atom. The molecule has 0 heterocycles. The molecule has 0 fully saturated rings. The van der Waals surface area contributed by atoms with Crippen LogP contribution in [0.25, 0.3) is 0 Å². The summed E-state index contributed by atoms with van der Waals surface area (Å²) >= 11 is 0. The third-order valence-electron chi connectivity index (χ3n) is 6.69. The molecule has 44 heavy (non-hydrogen) atoms. The van der Waals surface area contributed by atoms with Gasteiger partial charge in [-0.1, -0.05) is 13.8 Å². The molecule has 4 N–H and O–H groups in total. The van der Waals surface area contributed by atoms with Crippen molar-refractivity contribution in [3.8, 4) is 0 Å². The minimum Gasteiger partial charge on any atom is -0.429 e. The second kappa shape index (κ2) is 24.1. The zero-order chi connectivity index (χ0) is 33.6. The number of aliphatic hydroxyl groups is 4. The second-order valence-electron chi connectivity index (χ2n) is 12.3. The van der Waals surface area contributed by atoms with Crippen molar-refractivity contribution in [3.05, 3.63) is 0 Å². The summed E-state index contributed by atoms with van der Waals surface area (Å²) in [4.78, 5) is 12.4. The van der Waals surface area contributed by atoms with Crippen LogP contribution in [-0.4, -0.2) is 142 Å². The smallest absolute Gasteiger partial charge is 0.429 e. The highest BCUT2D eigenvalue weighted by Crippen LogP contribution is 2.26. The Kier molecular flexibility index (Phi) is 23.5. The van der Waals surface area contributed by atoms with Gasteiger partial charge in [-0.25, -0.2) is 4.79 Å². The standard InChI is InChI=1S/C31H62O13/c1-9-30(17-37-11-23(3)32,18-38-12-24(4)33)21-41-15-27(7)43-29(36)44-28(8)16-42-22-31(10-2,19-39-13-25(5)34)20-40-14-26(6)35/h23-28,32-35H,9-22H2,1-8H3. The maximum atomic E-state index is 12.4. The lowest BCUT2D eigenvalue weighted by molar-refractivity contribution is -0.106. The summed E-state index contributed by atoms with van der Waals surface area (Å²) in [5.74, 6) is 0. The molecular weight excluding hydrogens is 580 g/mol. The first-order valence-corrected chi connectivity index (χ1v) is 15.7. The zero-order valence-electron chi connectivity index (χ0n) is 28.3. The molecule has 0 saturated carbocycles. The van der Waals surface area contributed by atoms with Gasteiger partial charge in [0.05, 0.1) is 104 Å². The molecule has 0 amide bonds. The molecule has 13 heteroatoms. The number of rotatable bonds is 28. The van der Waals surface area contributed by atoms with Gasteiger partial charge in [-0.05, 0) is 54.4 Å². The fourth-order valence-electron chi connectivity index (χ4n) is 3.95. The maximum absolute atomic E-state index is 12.4. The molecule has 0 aliphatic heterocycles. The van der Waals surface area contributed by atoms with E-state index < -0.39 is 53.6 Å². The van der Waals surface area contributed by atoms with Crippen molar-refractivity contribution in [2.75, 3.05) is 79.3 Å². The summed E-state index contributed by atoms with van der Waals surface area (Å²) < 4.78 is 45.2. The normalized spacial score (nSPS) is 18.8. The van der Waals surface area contributed by atoms with E-state index in [2.05, 4.69) is 0 Å². The fraction of sp³-hybridized carbons (Fsp3) is 0.968.